The molecule has 0 radical (unpaired) electrons. The number of rotatable bonds is 5. The summed E-state index contributed by atoms with van der Waals surface area (Å²) in [5, 5.41) is 10.8. The first-order chi connectivity index (χ1) is 12.3. The molecule has 1 N–H and O–H groups in total. The van der Waals surface area contributed by atoms with Gasteiger partial charge in [-0.1, -0.05) is 23.7 Å². The van der Waals surface area contributed by atoms with Gasteiger partial charge in [-0.15, -0.1) is 22.0 Å². The zero-order valence-corrected chi connectivity index (χ0v) is 14.7. The molecule has 0 aliphatic rings. The molecule has 0 fully saturated rings. The molecule has 2 heterocycles. The zero-order chi connectivity index (χ0) is 18.7. The quantitative estimate of drug-likeness (QED) is 0.662. The predicted molar refractivity (Wildman–Crippen MR) is 92.0 cm³/mol. The van der Waals surface area contributed by atoms with E-state index in [1.807, 2.05) is 6.07 Å². The largest absolute Gasteiger partial charge is 0.417 e. The second-order valence-electron chi connectivity index (χ2n) is 5.26. The minimum absolute atomic E-state index is 0.0373. The van der Waals surface area contributed by atoms with Crippen LogP contribution in [0.3, 0.4) is 0 Å². The van der Waals surface area contributed by atoms with Crippen LogP contribution >= 0.6 is 23.4 Å². The highest BCUT2D eigenvalue weighted by molar-refractivity contribution is 8.00. The molecule has 26 heavy (non-hydrogen) atoms. The van der Waals surface area contributed by atoms with E-state index < -0.39 is 11.7 Å². The molecule has 0 saturated heterocycles. The minimum Gasteiger partial charge on any atom is -0.348 e. The predicted octanol–water partition coefficient (Wildman–Crippen LogP) is 3.81. The first-order valence-electron chi connectivity index (χ1n) is 7.39. The van der Waals surface area contributed by atoms with Gasteiger partial charge in [-0.3, -0.25) is 9.20 Å². The maximum atomic E-state index is 12.8. The smallest absolute Gasteiger partial charge is 0.348 e. The Hall–Kier alpha value is -2.26. The molecule has 10 heteroatoms. The van der Waals surface area contributed by atoms with E-state index in [9.17, 15) is 18.0 Å². The third-order valence-electron chi connectivity index (χ3n) is 3.44. The maximum absolute atomic E-state index is 12.8. The molecule has 0 bridgehead atoms. The van der Waals surface area contributed by atoms with E-state index in [1.54, 1.807) is 18.2 Å². The van der Waals surface area contributed by atoms with Crippen LogP contribution in [0.1, 0.15) is 11.4 Å². The monoisotopic (exact) mass is 400 g/mol. The molecule has 136 valence electrons. The highest BCUT2D eigenvalue weighted by atomic mass is 35.5. The van der Waals surface area contributed by atoms with Gasteiger partial charge in [0.05, 0.1) is 22.9 Å². The molecular formula is C16H12ClF3N4OS. The summed E-state index contributed by atoms with van der Waals surface area (Å²) in [7, 11) is 0. The summed E-state index contributed by atoms with van der Waals surface area (Å²) in [5.74, 6) is 0.0368. The van der Waals surface area contributed by atoms with Crippen molar-refractivity contribution in [2.45, 2.75) is 17.6 Å². The van der Waals surface area contributed by atoms with E-state index in [1.165, 1.54) is 22.2 Å². The van der Waals surface area contributed by atoms with Crippen molar-refractivity contribution in [1.82, 2.24) is 19.9 Å². The molecule has 0 atom stereocenters. The van der Waals surface area contributed by atoms with Crippen LogP contribution in [-0.2, 0) is 17.5 Å². The van der Waals surface area contributed by atoms with Crippen molar-refractivity contribution < 1.29 is 18.0 Å². The Labute approximate surface area is 155 Å². The van der Waals surface area contributed by atoms with E-state index in [0.717, 1.165) is 17.2 Å². The Morgan fingerprint density at radius 3 is 2.69 bits per heavy atom. The highest BCUT2D eigenvalue weighted by Gasteiger charge is 2.31. The molecule has 1 aromatic carbocycles. The number of halogens is 4. The molecule has 5 nitrogen and oxygen atoms in total. The summed E-state index contributed by atoms with van der Waals surface area (Å²) in [5.41, 5.74) is -0.542. The van der Waals surface area contributed by atoms with Crippen molar-refractivity contribution in [3.63, 3.8) is 0 Å². The lowest BCUT2D eigenvalue weighted by atomic mass is 10.3. The number of hydrogen-bond donors (Lipinski definition) is 1. The Balaban J connectivity index is 1.64. The average Bonchev–Trinajstić information content (AvgIpc) is 3.01. The molecule has 0 aliphatic heterocycles. The van der Waals surface area contributed by atoms with Gasteiger partial charge in [0.15, 0.2) is 11.5 Å². The second-order valence-corrected chi connectivity index (χ2v) is 6.68. The Bertz CT molecular complexity index is 945. The van der Waals surface area contributed by atoms with Crippen molar-refractivity contribution >= 4 is 34.9 Å². The van der Waals surface area contributed by atoms with E-state index >= 15 is 0 Å². The van der Waals surface area contributed by atoms with Crippen LogP contribution in [0.15, 0.2) is 47.5 Å². The van der Waals surface area contributed by atoms with Gasteiger partial charge in [0.1, 0.15) is 0 Å². The van der Waals surface area contributed by atoms with Crippen LogP contribution in [0.5, 0.6) is 0 Å². The lowest BCUT2D eigenvalue weighted by Crippen LogP contribution is -2.25. The van der Waals surface area contributed by atoms with E-state index in [0.29, 0.717) is 5.02 Å². The summed E-state index contributed by atoms with van der Waals surface area (Å²) in [6.45, 7) is -0.0373. The van der Waals surface area contributed by atoms with Crippen molar-refractivity contribution in [3.05, 3.63) is 59.0 Å². The summed E-state index contributed by atoms with van der Waals surface area (Å²) < 4.78 is 39.7. The number of fused-ring (bicyclic) bond motifs is 1. The lowest BCUT2D eigenvalue weighted by Gasteiger charge is -2.08. The number of nitrogens with one attached hydrogen (secondary N) is 1. The Morgan fingerprint density at radius 2 is 1.96 bits per heavy atom. The topological polar surface area (TPSA) is 59.3 Å². The number of carbonyl (C=O) groups excluding carboxylic acids is 1. The van der Waals surface area contributed by atoms with Crippen molar-refractivity contribution in [2.24, 2.45) is 0 Å². The normalized spacial score (nSPS) is 11.7. The van der Waals surface area contributed by atoms with E-state index in [-0.39, 0.29) is 29.7 Å². The number of alkyl halides is 3. The third kappa shape index (κ3) is 4.28. The van der Waals surface area contributed by atoms with Gasteiger partial charge in [0.2, 0.25) is 5.91 Å². The van der Waals surface area contributed by atoms with Crippen LogP contribution in [0.4, 0.5) is 13.2 Å². The standard InChI is InChI=1S/C16H12ClF3N4OS/c17-11-3-1-2-4-12(11)26-9-15(25)21-7-14-23-22-13-6-5-10(8-24(13)14)16(18,19)20/h1-6,8H,7,9H2,(H,21,25). The summed E-state index contributed by atoms with van der Waals surface area (Å²) in [6.07, 6.45) is -3.56. The van der Waals surface area contributed by atoms with Gasteiger partial charge in [-0.2, -0.15) is 13.2 Å². The Morgan fingerprint density at radius 1 is 1.19 bits per heavy atom. The van der Waals surface area contributed by atoms with Crippen LogP contribution < -0.4 is 5.32 Å². The first kappa shape index (κ1) is 18.5. The van der Waals surface area contributed by atoms with Crippen LogP contribution in [-0.4, -0.2) is 26.3 Å². The van der Waals surface area contributed by atoms with Crippen LogP contribution in [0, 0.1) is 0 Å². The van der Waals surface area contributed by atoms with Gasteiger partial charge in [-0.25, -0.2) is 0 Å². The summed E-state index contributed by atoms with van der Waals surface area (Å²) in [4.78, 5) is 12.7. The minimum atomic E-state index is -4.47. The molecule has 0 unspecified atom stereocenters. The van der Waals surface area contributed by atoms with Gasteiger partial charge < -0.3 is 5.32 Å². The second kappa shape index (κ2) is 7.55. The van der Waals surface area contributed by atoms with Gasteiger partial charge in [0.25, 0.3) is 0 Å². The molecule has 0 aliphatic carbocycles. The number of amides is 1. The average molecular weight is 401 g/mol. The highest BCUT2D eigenvalue weighted by Crippen LogP contribution is 2.29. The molecule has 0 spiro atoms. The SMILES string of the molecule is O=C(CSc1ccccc1Cl)NCc1nnc2ccc(C(F)(F)F)cn12. The fraction of sp³-hybridized carbons (Fsp3) is 0.188. The first-order valence-corrected chi connectivity index (χ1v) is 8.76. The molecule has 1 amide bonds. The summed E-state index contributed by atoms with van der Waals surface area (Å²) >= 11 is 7.28. The van der Waals surface area contributed by atoms with Gasteiger partial charge in [-0.05, 0) is 24.3 Å². The fourth-order valence-electron chi connectivity index (χ4n) is 2.16. The fourth-order valence-corrected chi connectivity index (χ4v) is 3.23. The zero-order valence-electron chi connectivity index (χ0n) is 13.1. The van der Waals surface area contributed by atoms with Gasteiger partial charge >= 0.3 is 6.18 Å². The molecule has 2 aromatic heterocycles. The van der Waals surface area contributed by atoms with Crippen LogP contribution in [0.25, 0.3) is 5.65 Å². The number of hydrogen-bond acceptors (Lipinski definition) is 4. The number of benzene rings is 1. The summed E-state index contributed by atoms with van der Waals surface area (Å²) in [6, 6.07) is 9.29. The van der Waals surface area contributed by atoms with E-state index in [4.69, 9.17) is 11.6 Å². The molecule has 0 saturated carbocycles. The molecular weight excluding hydrogens is 389 g/mol. The Kier molecular flexibility index (Phi) is 5.38. The van der Waals surface area contributed by atoms with Crippen molar-refractivity contribution in [2.75, 3.05) is 5.75 Å². The maximum Gasteiger partial charge on any atom is 0.417 e. The van der Waals surface area contributed by atoms with Crippen molar-refractivity contribution in [3.8, 4) is 0 Å². The van der Waals surface area contributed by atoms with Crippen molar-refractivity contribution in [1.29, 1.82) is 0 Å². The number of carbonyl (C=O) groups is 1. The van der Waals surface area contributed by atoms with E-state index in [2.05, 4.69) is 15.5 Å². The van der Waals surface area contributed by atoms with Gasteiger partial charge in [0, 0.05) is 11.1 Å². The number of nitrogens with zero attached hydrogens (tertiary/aromatic N) is 3. The number of pyridine rings is 1. The molecule has 3 aromatic rings. The number of thioether (sulfide) groups is 1. The van der Waals surface area contributed by atoms with Crippen LogP contribution in [0.2, 0.25) is 5.02 Å². The number of aromatic nitrogens is 3. The third-order valence-corrected chi connectivity index (χ3v) is 4.95. The lowest BCUT2D eigenvalue weighted by molar-refractivity contribution is -0.137. The molecule has 3 rings (SSSR count).